The minimum absolute atomic E-state index is 0.0122. The number of nitrogens with one attached hydrogen (secondary N) is 2. The van der Waals surface area contributed by atoms with Crippen molar-refractivity contribution >= 4 is 17.9 Å². The standard InChI is InChI=1S/C26H35N3O5/c1-6-18(2)29(22(31)17-28-25(33)34-26(3,4)5)23(20-13-10-14-21(30)15-20)24(32)27-16-19-11-8-7-9-12-19/h7-15,18,23,30H,6,16-17H2,1-5H3,(H,27,32)(H,28,33). The lowest BCUT2D eigenvalue weighted by molar-refractivity contribution is -0.142. The van der Waals surface area contributed by atoms with E-state index in [9.17, 15) is 19.5 Å². The highest BCUT2D eigenvalue weighted by Gasteiger charge is 2.34. The highest BCUT2D eigenvalue weighted by molar-refractivity contribution is 5.90. The number of carbonyl (C=O) groups excluding carboxylic acids is 3. The van der Waals surface area contributed by atoms with Crippen LogP contribution in [0.5, 0.6) is 5.75 Å². The van der Waals surface area contributed by atoms with Crippen LogP contribution in [0.4, 0.5) is 4.79 Å². The maximum absolute atomic E-state index is 13.4. The number of carbonyl (C=O) groups is 3. The number of benzene rings is 2. The molecule has 0 heterocycles. The fourth-order valence-electron chi connectivity index (χ4n) is 3.41. The number of alkyl carbamates (subject to hydrolysis) is 1. The van der Waals surface area contributed by atoms with Gasteiger partial charge in [-0.3, -0.25) is 9.59 Å². The van der Waals surface area contributed by atoms with Gasteiger partial charge in [0.15, 0.2) is 0 Å². The fraction of sp³-hybridized carbons (Fsp3) is 0.423. The molecule has 2 rings (SSSR count). The molecule has 0 spiro atoms. The first-order chi connectivity index (χ1) is 16.0. The highest BCUT2D eigenvalue weighted by Crippen LogP contribution is 2.27. The molecule has 8 heteroatoms. The van der Waals surface area contributed by atoms with Crippen LogP contribution in [-0.4, -0.2) is 46.1 Å². The zero-order chi connectivity index (χ0) is 25.3. The van der Waals surface area contributed by atoms with Crippen molar-refractivity contribution in [3.63, 3.8) is 0 Å². The zero-order valence-corrected chi connectivity index (χ0v) is 20.5. The summed E-state index contributed by atoms with van der Waals surface area (Å²) in [5.41, 5.74) is 0.681. The molecule has 0 aliphatic rings. The quantitative estimate of drug-likeness (QED) is 0.516. The molecular weight excluding hydrogens is 434 g/mol. The molecule has 3 amide bonds. The topological polar surface area (TPSA) is 108 Å². The Morgan fingerprint density at radius 3 is 2.29 bits per heavy atom. The molecule has 0 bridgehead atoms. The first kappa shape index (κ1) is 26.7. The second kappa shape index (κ2) is 12.1. The molecule has 0 saturated heterocycles. The van der Waals surface area contributed by atoms with E-state index in [-0.39, 0.29) is 30.8 Å². The lowest BCUT2D eigenvalue weighted by Crippen LogP contribution is -2.51. The van der Waals surface area contributed by atoms with Crippen LogP contribution in [0, 0.1) is 0 Å². The number of phenols is 1. The number of hydrogen-bond acceptors (Lipinski definition) is 5. The van der Waals surface area contributed by atoms with Gasteiger partial charge in [0.1, 0.15) is 23.9 Å². The predicted octanol–water partition coefficient (Wildman–Crippen LogP) is 3.90. The third kappa shape index (κ3) is 8.10. The van der Waals surface area contributed by atoms with E-state index in [0.29, 0.717) is 12.0 Å². The van der Waals surface area contributed by atoms with E-state index < -0.39 is 23.6 Å². The Labute approximate surface area is 201 Å². The highest BCUT2D eigenvalue weighted by atomic mass is 16.6. The molecule has 3 N–H and O–H groups in total. The predicted molar refractivity (Wildman–Crippen MR) is 130 cm³/mol. The van der Waals surface area contributed by atoms with Crippen LogP contribution in [0.1, 0.15) is 58.2 Å². The molecule has 2 atom stereocenters. The van der Waals surface area contributed by atoms with Gasteiger partial charge in [0.05, 0.1) is 0 Å². The minimum atomic E-state index is -1.00. The van der Waals surface area contributed by atoms with Gasteiger partial charge in [0.25, 0.3) is 0 Å². The van der Waals surface area contributed by atoms with Crippen LogP contribution in [0.3, 0.4) is 0 Å². The van der Waals surface area contributed by atoms with Crippen molar-refractivity contribution in [2.45, 2.75) is 65.3 Å². The fourth-order valence-corrected chi connectivity index (χ4v) is 3.41. The van der Waals surface area contributed by atoms with Crippen LogP contribution < -0.4 is 10.6 Å². The Kier molecular flexibility index (Phi) is 9.47. The van der Waals surface area contributed by atoms with Crippen molar-refractivity contribution in [1.82, 2.24) is 15.5 Å². The molecule has 0 aromatic heterocycles. The SMILES string of the molecule is CCC(C)N(C(=O)CNC(=O)OC(C)(C)C)C(C(=O)NCc1ccccc1)c1cccc(O)c1. The molecule has 0 aliphatic carbocycles. The number of aromatic hydroxyl groups is 1. The minimum Gasteiger partial charge on any atom is -0.508 e. The van der Waals surface area contributed by atoms with Gasteiger partial charge in [0.2, 0.25) is 11.8 Å². The van der Waals surface area contributed by atoms with E-state index in [1.54, 1.807) is 32.9 Å². The number of rotatable bonds is 9. The summed E-state index contributed by atoms with van der Waals surface area (Å²) in [4.78, 5) is 40.3. The number of ether oxygens (including phenoxy) is 1. The third-order valence-electron chi connectivity index (χ3n) is 5.16. The molecular formula is C26H35N3O5. The number of nitrogens with zero attached hydrogens (tertiary/aromatic N) is 1. The van der Waals surface area contributed by atoms with Crippen LogP contribution in [-0.2, 0) is 20.9 Å². The summed E-state index contributed by atoms with van der Waals surface area (Å²) in [7, 11) is 0. The zero-order valence-electron chi connectivity index (χ0n) is 20.5. The number of amides is 3. The van der Waals surface area contributed by atoms with Crippen molar-refractivity contribution < 1.29 is 24.2 Å². The Balaban J connectivity index is 2.31. The van der Waals surface area contributed by atoms with Gasteiger partial charge < -0.3 is 25.4 Å². The summed E-state index contributed by atoms with van der Waals surface area (Å²) in [5.74, 6) is -0.842. The van der Waals surface area contributed by atoms with E-state index in [1.165, 1.54) is 17.0 Å². The van der Waals surface area contributed by atoms with Crippen molar-refractivity contribution in [3.8, 4) is 5.75 Å². The largest absolute Gasteiger partial charge is 0.508 e. The lowest BCUT2D eigenvalue weighted by atomic mass is 10.0. The van der Waals surface area contributed by atoms with E-state index >= 15 is 0 Å². The summed E-state index contributed by atoms with van der Waals surface area (Å²) in [6, 6.07) is 14.4. The third-order valence-corrected chi connectivity index (χ3v) is 5.16. The molecule has 184 valence electrons. The van der Waals surface area contributed by atoms with Gasteiger partial charge in [-0.2, -0.15) is 0 Å². The monoisotopic (exact) mass is 469 g/mol. The maximum atomic E-state index is 13.4. The van der Waals surface area contributed by atoms with Crippen molar-refractivity contribution in [2.24, 2.45) is 0 Å². The molecule has 8 nitrogen and oxygen atoms in total. The summed E-state index contributed by atoms with van der Waals surface area (Å²) in [5, 5.41) is 15.4. The number of phenolic OH excluding ortho intramolecular Hbond substituents is 1. The second-order valence-electron chi connectivity index (χ2n) is 9.11. The van der Waals surface area contributed by atoms with Gasteiger partial charge in [-0.25, -0.2) is 4.79 Å². The van der Waals surface area contributed by atoms with Gasteiger partial charge in [-0.1, -0.05) is 49.4 Å². The molecule has 34 heavy (non-hydrogen) atoms. The first-order valence-corrected chi connectivity index (χ1v) is 11.4. The van der Waals surface area contributed by atoms with Crippen molar-refractivity contribution in [3.05, 3.63) is 65.7 Å². The van der Waals surface area contributed by atoms with E-state index in [4.69, 9.17) is 4.74 Å². The average Bonchev–Trinajstić information content (AvgIpc) is 2.78. The van der Waals surface area contributed by atoms with E-state index in [0.717, 1.165) is 5.56 Å². The van der Waals surface area contributed by atoms with Crippen LogP contribution in [0.2, 0.25) is 0 Å². The average molecular weight is 470 g/mol. The summed E-state index contributed by atoms with van der Waals surface area (Å²) < 4.78 is 5.22. The molecule has 0 radical (unpaired) electrons. The maximum Gasteiger partial charge on any atom is 0.408 e. The van der Waals surface area contributed by atoms with E-state index in [1.807, 2.05) is 44.2 Å². The molecule has 2 unspecified atom stereocenters. The van der Waals surface area contributed by atoms with Crippen LogP contribution in [0.25, 0.3) is 0 Å². The second-order valence-corrected chi connectivity index (χ2v) is 9.11. The normalized spacial score (nSPS) is 12.9. The van der Waals surface area contributed by atoms with Crippen LogP contribution in [0.15, 0.2) is 54.6 Å². The molecule has 2 aromatic carbocycles. The Hall–Kier alpha value is -3.55. The molecule has 0 fully saturated rings. The van der Waals surface area contributed by atoms with Gasteiger partial charge >= 0.3 is 6.09 Å². The van der Waals surface area contributed by atoms with E-state index in [2.05, 4.69) is 10.6 Å². The summed E-state index contributed by atoms with van der Waals surface area (Å²) >= 11 is 0. The Morgan fingerprint density at radius 1 is 1.03 bits per heavy atom. The summed E-state index contributed by atoms with van der Waals surface area (Å²) in [6.45, 7) is 8.89. The molecule has 0 saturated carbocycles. The summed E-state index contributed by atoms with van der Waals surface area (Å²) in [6.07, 6.45) is -0.133. The Bertz CT molecular complexity index is 972. The van der Waals surface area contributed by atoms with Crippen LogP contribution >= 0.6 is 0 Å². The Morgan fingerprint density at radius 2 is 1.71 bits per heavy atom. The lowest BCUT2D eigenvalue weighted by Gasteiger charge is -2.36. The van der Waals surface area contributed by atoms with Crippen molar-refractivity contribution in [2.75, 3.05) is 6.54 Å². The van der Waals surface area contributed by atoms with Gasteiger partial charge in [-0.05, 0) is 57.4 Å². The van der Waals surface area contributed by atoms with Gasteiger partial charge in [-0.15, -0.1) is 0 Å². The number of hydrogen-bond donors (Lipinski definition) is 3. The van der Waals surface area contributed by atoms with Crippen molar-refractivity contribution in [1.29, 1.82) is 0 Å². The van der Waals surface area contributed by atoms with Gasteiger partial charge in [0, 0.05) is 12.6 Å². The molecule has 2 aromatic rings. The molecule has 0 aliphatic heterocycles. The first-order valence-electron chi connectivity index (χ1n) is 11.4. The smallest absolute Gasteiger partial charge is 0.408 e.